The fourth-order valence-corrected chi connectivity index (χ4v) is 4.38. The quantitative estimate of drug-likeness (QED) is 0.433. The van der Waals surface area contributed by atoms with Crippen molar-refractivity contribution < 1.29 is 14.3 Å². The minimum absolute atomic E-state index is 0.0662. The maximum atomic E-state index is 12.3. The Morgan fingerprint density at radius 3 is 2.47 bits per heavy atom. The molecule has 34 heavy (non-hydrogen) atoms. The van der Waals surface area contributed by atoms with Gasteiger partial charge in [0.05, 0.1) is 11.2 Å². The molecule has 0 spiro atoms. The van der Waals surface area contributed by atoms with Crippen LogP contribution in [0.15, 0.2) is 60.7 Å². The van der Waals surface area contributed by atoms with Crippen LogP contribution in [-0.4, -0.2) is 34.7 Å². The van der Waals surface area contributed by atoms with Crippen molar-refractivity contribution in [3.63, 3.8) is 0 Å². The highest BCUT2D eigenvalue weighted by molar-refractivity contribution is 5.88. The first-order valence-corrected chi connectivity index (χ1v) is 12.0. The lowest BCUT2D eigenvalue weighted by Crippen LogP contribution is -2.38. The number of allylic oxidation sites excluding steroid dienone is 1. The summed E-state index contributed by atoms with van der Waals surface area (Å²) in [7, 11) is 0. The van der Waals surface area contributed by atoms with E-state index in [2.05, 4.69) is 37.3 Å². The molecule has 0 N–H and O–H groups in total. The van der Waals surface area contributed by atoms with Gasteiger partial charge in [0.15, 0.2) is 0 Å². The van der Waals surface area contributed by atoms with Gasteiger partial charge in [-0.25, -0.2) is 4.98 Å². The lowest BCUT2D eigenvalue weighted by atomic mass is 9.95. The second-order valence-electron chi connectivity index (χ2n) is 9.02. The van der Waals surface area contributed by atoms with Gasteiger partial charge >= 0.3 is 0 Å². The third-order valence-electron chi connectivity index (χ3n) is 6.45. The number of hydrogen-bond acceptors (Lipinski definition) is 4. The second-order valence-corrected chi connectivity index (χ2v) is 9.02. The summed E-state index contributed by atoms with van der Waals surface area (Å²) in [4.78, 5) is 30.2. The van der Waals surface area contributed by atoms with E-state index in [1.54, 1.807) is 0 Å². The van der Waals surface area contributed by atoms with Gasteiger partial charge in [0, 0.05) is 36.9 Å². The maximum Gasteiger partial charge on any atom is 0.223 e. The van der Waals surface area contributed by atoms with Crippen LogP contribution in [0.25, 0.3) is 17.0 Å². The molecule has 0 aliphatic carbocycles. The number of aromatic nitrogens is 1. The minimum atomic E-state index is 0.0662. The number of benzene rings is 2. The molecule has 176 valence electrons. The molecule has 1 aliphatic rings. The molecule has 0 unspecified atom stereocenters. The fraction of sp³-hybridized carbons (Fsp3) is 0.345. The lowest BCUT2D eigenvalue weighted by Gasteiger charge is -2.30. The van der Waals surface area contributed by atoms with Gasteiger partial charge in [-0.15, -0.1) is 0 Å². The van der Waals surface area contributed by atoms with Crippen molar-refractivity contribution in [3.05, 3.63) is 77.5 Å². The molecule has 1 fully saturated rings. The number of amides is 1. The summed E-state index contributed by atoms with van der Waals surface area (Å²) in [6, 6.07) is 18.3. The van der Waals surface area contributed by atoms with Crippen molar-refractivity contribution in [2.45, 2.75) is 46.1 Å². The zero-order valence-electron chi connectivity index (χ0n) is 20.0. The van der Waals surface area contributed by atoms with E-state index in [0.29, 0.717) is 25.4 Å². The molecule has 2 aromatic carbocycles. The highest BCUT2D eigenvalue weighted by atomic mass is 16.5. The fourth-order valence-electron chi connectivity index (χ4n) is 4.38. The number of ether oxygens (including phenoxy) is 1. The monoisotopic (exact) mass is 456 g/mol. The van der Waals surface area contributed by atoms with Crippen molar-refractivity contribution in [1.29, 1.82) is 0 Å². The lowest BCUT2D eigenvalue weighted by molar-refractivity contribution is -0.134. The molecule has 1 amide bonds. The van der Waals surface area contributed by atoms with Gasteiger partial charge < -0.3 is 14.4 Å². The molecule has 4 rings (SSSR count). The summed E-state index contributed by atoms with van der Waals surface area (Å²) in [5, 5.41) is 1.02. The van der Waals surface area contributed by atoms with E-state index >= 15 is 0 Å². The average Bonchev–Trinajstić information content (AvgIpc) is 2.86. The number of nitrogens with zero attached hydrogens (tertiary/aromatic N) is 2. The van der Waals surface area contributed by atoms with Crippen molar-refractivity contribution in [1.82, 2.24) is 9.88 Å². The van der Waals surface area contributed by atoms with E-state index in [9.17, 15) is 9.59 Å². The highest BCUT2D eigenvalue weighted by Crippen LogP contribution is 2.32. The number of hydrogen-bond donors (Lipinski definition) is 0. The zero-order chi connectivity index (χ0) is 23.9. The SMILES string of the molecule is CC(=O)CCC(=O)N1CCC(/C=C/c2nc3ccccc3c(OCc3ccccc3)c2C)CC1. The molecule has 2 heterocycles. The second kappa shape index (κ2) is 11.1. The maximum absolute atomic E-state index is 12.3. The normalized spacial score (nSPS) is 14.6. The molecule has 1 saturated heterocycles. The third kappa shape index (κ3) is 5.90. The first-order chi connectivity index (χ1) is 16.5. The average molecular weight is 457 g/mol. The van der Waals surface area contributed by atoms with E-state index < -0.39 is 0 Å². The van der Waals surface area contributed by atoms with Gasteiger partial charge in [-0.2, -0.15) is 0 Å². The third-order valence-corrected chi connectivity index (χ3v) is 6.45. The first kappa shape index (κ1) is 23.7. The molecule has 0 saturated carbocycles. The molecule has 0 bridgehead atoms. The number of Topliss-reactive ketones (excluding diaryl/α,β-unsaturated/α-hetero) is 1. The molecule has 0 atom stereocenters. The van der Waals surface area contributed by atoms with Gasteiger partial charge in [-0.05, 0) is 56.4 Å². The summed E-state index contributed by atoms with van der Waals surface area (Å²) < 4.78 is 6.31. The largest absolute Gasteiger partial charge is 0.488 e. The van der Waals surface area contributed by atoms with E-state index in [0.717, 1.165) is 59.4 Å². The Labute approximate surface area is 201 Å². The van der Waals surface area contributed by atoms with Crippen LogP contribution in [0.5, 0.6) is 5.75 Å². The van der Waals surface area contributed by atoms with E-state index in [1.807, 2.05) is 41.3 Å². The Balaban J connectivity index is 1.46. The van der Waals surface area contributed by atoms with Crippen LogP contribution >= 0.6 is 0 Å². The van der Waals surface area contributed by atoms with E-state index in [-0.39, 0.29) is 11.7 Å². The molecule has 1 aromatic heterocycles. The van der Waals surface area contributed by atoms with Gasteiger partial charge in [-0.3, -0.25) is 4.79 Å². The predicted octanol–water partition coefficient (Wildman–Crippen LogP) is 5.74. The van der Waals surface area contributed by atoms with Crippen LogP contribution in [0, 0.1) is 12.8 Å². The number of pyridine rings is 1. The smallest absolute Gasteiger partial charge is 0.223 e. The number of ketones is 1. The van der Waals surface area contributed by atoms with Gasteiger partial charge in [0.1, 0.15) is 18.1 Å². The Morgan fingerprint density at radius 1 is 1.03 bits per heavy atom. The molecule has 5 nitrogen and oxygen atoms in total. The Morgan fingerprint density at radius 2 is 1.74 bits per heavy atom. The van der Waals surface area contributed by atoms with Gasteiger partial charge in [0.2, 0.25) is 5.91 Å². The van der Waals surface area contributed by atoms with E-state index in [1.165, 1.54) is 6.92 Å². The first-order valence-electron chi connectivity index (χ1n) is 12.0. The van der Waals surface area contributed by atoms with Crippen molar-refractivity contribution in [3.8, 4) is 5.75 Å². The van der Waals surface area contributed by atoms with Crippen LogP contribution in [0.2, 0.25) is 0 Å². The topological polar surface area (TPSA) is 59.5 Å². The van der Waals surface area contributed by atoms with Crippen LogP contribution in [-0.2, 0) is 16.2 Å². The van der Waals surface area contributed by atoms with Crippen LogP contribution in [0.3, 0.4) is 0 Å². The van der Waals surface area contributed by atoms with Gasteiger partial charge in [0.25, 0.3) is 0 Å². The van der Waals surface area contributed by atoms with Crippen molar-refractivity contribution >= 4 is 28.7 Å². The number of rotatable bonds is 8. The number of fused-ring (bicyclic) bond motifs is 1. The summed E-state index contributed by atoms with van der Waals surface area (Å²) in [6.07, 6.45) is 6.83. The van der Waals surface area contributed by atoms with E-state index in [4.69, 9.17) is 9.72 Å². The Bertz CT molecular complexity index is 1180. The summed E-state index contributed by atoms with van der Waals surface area (Å²) in [5.41, 5.74) is 4.00. The number of carbonyl (C=O) groups is 2. The number of para-hydroxylation sites is 1. The van der Waals surface area contributed by atoms with Gasteiger partial charge in [-0.1, -0.05) is 48.5 Å². The predicted molar refractivity (Wildman–Crippen MR) is 136 cm³/mol. The Kier molecular flexibility index (Phi) is 7.73. The minimum Gasteiger partial charge on any atom is -0.488 e. The van der Waals surface area contributed by atoms with Crippen LogP contribution in [0.1, 0.15) is 49.4 Å². The highest BCUT2D eigenvalue weighted by Gasteiger charge is 2.21. The molecular formula is C29H32N2O3. The number of carbonyl (C=O) groups excluding carboxylic acids is 2. The molecule has 0 radical (unpaired) electrons. The summed E-state index contributed by atoms with van der Waals surface area (Å²) >= 11 is 0. The van der Waals surface area contributed by atoms with Crippen LogP contribution in [0.4, 0.5) is 0 Å². The molecule has 1 aliphatic heterocycles. The molecule has 5 heteroatoms. The zero-order valence-corrected chi connectivity index (χ0v) is 20.0. The standard InChI is InChI=1S/C29H32N2O3/c1-21(32)12-15-28(33)31-18-16-23(17-19-31)13-14-26-22(2)29(25-10-6-7-11-27(25)30-26)34-20-24-8-4-3-5-9-24/h3-11,13-14,23H,12,15-20H2,1-2H3/b14-13+. The summed E-state index contributed by atoms with van der Waals surface area (Å²) in [6.45, 7) is 5.58. The number of likely N-dealkylation sites (tertiary alicyclic amines) is 1. The van der Waals surface area contributed by atoms with Crippen molar-refractivity contribution in [2.24, 2.45) is 5.92 Å². The van der Waals surface area contributed by atoms with Crippen molar-refractivity contribution in [2.75, 3.05) is 13.1 Å². The Hall–Kier alpha value is -3.47. The summed E-state index contributed by atoms with van der Waals surface area (Å²) in [5.74, 6) is 1.43. The molecule has 3 aromatic rings. The molecular weight excluding hydrogens is 424 g/mol. The number of piperidine rings is 1. The van der Waals surface area contributed by atoms with Crippen LogP contribution < -0.4 is 4.74 Å².